The maximum Gasteiger partial charge on any atom is 0.344 e. The fourth-order valence-corrected chi connectivity index (χ4v) is 5.19. The second kappa shape index (κ2) is 9.84. The molecular formula is C27H29ClN4O3. The number of ketones is 1. The van der Waals surface area contributed by atoms with Crippen LogP contribution in [-0.4, -0.2) is 57.6 Å². The van der Waals surface area contributed by atoms with E-state index in [1.165, 1.54) is 17.2 Å². The number of ether oxygens (including phenoxy) is 1. The van der Waals surface area contributed by atoms with Crippen molar-refractivity contribution in [2.24, 2.45) is 5.41 Å². The molecule has 0 radical (unpaired) electrons. The number of likely N-dealkylation sites (tertiary alicyclic amines) is 2. The molecule has 0 bridgehead atoms. The highest BCUT2D eigenvalue weighted by Gasteiger charge is 2.41. The van der Waals surface area contributed by atoms with E-state index in [0.29, 0.717) is 10.7 Å². The summed E-state index contributed by atoms with van der Waals surface area (Å²) < 4.78 is 7.18. The van der Waals surface area contributed by atoms with Crippen LogP contribution < -0.4 is 4.74 Å². The topological polar surface area (TPSA) is 67.7 Å². The van der Waals surface area contributed by atoms with Gasteiger partial charge in [0.2, 0.25) is 0 Å². The number of benzene rings is 2. The van der Waals surface area contributed by atoms with Crippen LogP contribution in [0.2, 0.25) is 5.02 Å². The molecule has 1 aromatic heterocycles. The number of carbonyl (C=O) groups excluding carboxylic acids is 2. The Hall–Kier alpha value is -3.16. The number of Topliss-reactive ketones (excluding diaryl/α,β-unsaturated/α-hetero) is 1. The molecule has 3 heterocycles. The molecular weight excluding hydrogens is 464 g/mol. The highest BCUT2D eigenvalue weighted by Crippen LogP contribution is 2.41. The van der Waals surface area contributed by atoms with Crippen molar-refractivity contribution in [1.29, 1.82) is 0 Å². The van der Waals surface area contributed by atoms with Gasteiger partial charge in [0.15, 0.2) is 5.78 Å². The van der Waals surface area contributed by atoms with Crippen LogP contribution in [0.15, 0.2) is 60.8 Å². The lowest BCUT2D eigenvalue weighted by Gasteiger charge is -2.39. The van der Waals surface area contributed by atoms with Crippen LogP contribution in [0.3, 0.4) is 0 Å². The van der Waals surface area contributed by atoms with Crippen LogP contribution >= 0.6 is 11.6 Å². The highest BCUT2D eigenvalue weighted by atomic mass is 35.5. The van der Waals surface area contributed by atoms with Crippen molar-refractivity contribution >= 4 is 23.4 Å². The Labute approximate surface area is 210 Å². The lowest BCUT2D eigenvalue weighted by molar-refractivity contribution is 0.101. The Kier molecular flexibility index (Phi) is 6.62. The SMILES string of the molecule is CC(=O)c1ccn(C(=O)N2CCC3(CCN(Cc4ccc(Oc5ccc(Cl)cc5)cc4)C3)CC2)n1. The van der Waals surface area contributed by atoms with E-state index in [0.717, 1.165) is 63.5 Å². The monoisotopic (exact) mass is 492 g/mol. The minimum absolute atomic E-state index is 0.135. The largest absolute Gasteiger partial charge is 0.457 e. The maximum atomic E-state index is 12.8. The third-order valence-corrected chi connectivity index (χ3v) is 7.39. The molecule has 2 saturated heterocycles. The van der Waals surface area contributed by atoms with Gasteiger partial charge >= 0.3 is 6.03 Å². The second-order valence-corrected chi connectivity index (χ2v) is 10.1. The van der Waals surface area contributed by atoms with Crippen LogP contribution in [0, 0.1) is 5.41 Å². The molecule has 0 N–H and O–H groups in total. The van der Waals surface area contributed by atoms with Gasteiger partial charge in [-0.05, 0) is 79.3 Å². The van der Waals surface area contributed by atoms with E-state index in [-0.39, 0.29) is 17.2 Å². The summed E-state index contributed by atoms with van der Waals surface area (Å²) in [6, 6.07) is 17.1. The number of piperidine rings is 1. The van der Waals surface area contributed by atoms with Gasteiger partial charge in [0, 0.05) is 44.3 Å². The molecule has 3 aromatic rings. The molecule has 182 valence electrons. The van der Waals surface area contributed by atoms with Gasteiger partial charge in [-0.3, -0.25) is 9.69 Å². The number of nitrogens with zero attached hydrogens (tertiary/aromatic N) is 4. The van der Waals surface area contributed by atoms with Crippen LogP contribution in [0.5, 0.6) is 11.5 Å². The minimum Gasteiger partial charge on any atom is -0.457 e. The first kappa shape index (κ1) is 23.6. The molecule has 0 unspecified atom stereocenters. The average molecular weight is 493 g/mol. The number of aromatic nitrogens is 2. The van der Waals surface area contributed by atoms with Crippen molar-refractivity contribution < 1.29 is 14.3 Å². The second-order valence-electron chi connectivity index (χ2n) is 9.63. The van der Waals surface area contributed by atoms with Gasteiger partial charge in [-0.25, -0.2) is 4.79 Å². The standard InChI is InChI=1S/C27H29ClN4O3/c1-20(33)25-10-14-32(29-25)26(34)31-16-12-27(13-17-31)11-15-30(19-27)18-21-2-6-23(7-3-21)35-24-8-4-22(28)5-9-24/h2-10,14H,11-13,15-19H2,1H3. The maximum absolute atomic E-state index is 12.8. The first-order valence-electron chi connectivity index (χ1n) is 12.0. The normalized spacial score (nSPS) is 17.6. The van der Waals surface area contributed by atoms with Crippen molar-refractivity contribution in [3.63, 3.8) is 0 Å². The van der Waals surface area contributed by atoms with Crippen LogP contribution in [-0.2, 0) is 6.54 Å². The third-order valence-electron chi connectivity index (χ3n) is 7.14. The zero-order valence-corrected chi connectivity index (χ0v) is 20.6. The van der Waals surface area contributed by atoms with Crippen molar-refractivity contribution in [3.05, 3.63) is 77.1 Å². The smallest absolute Gasteiger partial charge is 0.344 e. The fourth-order valence-electron chi connectivity index (χ4n) is 5.07. The van der Waals surface area contributed by atoms with Crippen molar-refractivity contribution in [2.75, 3.05) is 26.2 Å². The van der Waals surface area contributed by atoms with Gasteiger partial charge in [-0.1, -0.05) is 23.7 Å². The number of hydrogen-bond donors (Lipinski definition) is 0. The molecule has 8 heteroatoms. The van der Waals surface area contributed by atoms with E-state index >= 15 is 0 Å². The predicted molar refractivity (Wildman–Crippen MR) is 134 cm³/mol. The van der Waals surface area contributed by atoms with Gasteiger partial charge in [-0.2, -0.15) is 9.78 Å². The lowest BCUT2D eigenvalue weighted by Crippen LogP contribution is -2.45. The average Bonchev–Trinajstić information content (AvgIpc) is 3.50. The van der Waals surface area contributed by atoms with Gasteiger partial charge in [0.1, 0.15) is 17.2 Å². The van der Waals surface area contributed by atoms with Crippen molar-refractivity contribution in [1.82, 2.24) is 19.6 Å². The fraction of sp³-hybridized carbons (Fsp3) is 0.370. The molecule has 5 rings (SSSR count). The van der Waals surface area contributed by atoms with E-state index in [1.54, 1.807) is 12.3 Å². The number of amides is 1. The summed E-state index contributed by atoms with van der Waals surface area (Å²) in [6.07, 6.45) is 4.71. The molecule has 0 saturated carbocycles. The number of hydrogen-bond acceptors (Lipinski definition) is 5. The highest BCUT2D eigenvalue weighted by molar-refractivity contribution is 6.30. The summed E-state index contributed by atoms with van der Waals surface area (Å²) in [7, 11) is 0. The molecule has 2 aromatic carbocycles. The predicted octanol–water partition coefficient (Wildman–Crippen LogP) is 5.49. The zero-order chi connectivity index (χ0) is 24.4. The van der Waals surface area contributed by atoms with E-state index < -0.39 is 0 Å². The summed E-state index contributed by atoms with van der Waals surface area (Å²) >= 11 is 5.94. The van der Waals surface area contributed by atoms with E-state index in [2.05, 4.69) is 22.1 Å². The quantitative estimate of drug-likeness (QED) is 0.441. The summed E-state index contributed by atoms with van der Waals surface area (Å²) in [4.78, 5) is 28.6. The van der Waals surface area contributed by atoms with Crippen LogP contribution in [0.25, 0.3) is 0 Å². The molecule has 1 spiro atoms. The number of rotatable bonds is 5. The van der Waals surface area contributed by atoms with Crippen LogP contribution in [0.1, 0.15) is 42.2 Å². The number of halogens is 1. The Morgan fingerprint density at radius 2 is 1.57 bits per heavy atom. The minimum atomic E-state index is -0.150. The molecule has 1 amide bonds. The summed E-state index contributed by atoms with van der Waals surface area (Å²) in [5.74, 6) is 1.43. The van der Waals surface area contributed by atoms with E-state index in [9.17, 15) is 9.59 Å². The molecule has 2 fully saturated rings. The molecule has 0 atom stereocenters. The van der Waals surface area contributed by atoms with Gasteiger partial charge in [-0.15, -0.1) is 0 Å². The summed E-state index contributed by atoms with van der Waals surface area (Å²) in [6.45, 7) is 5.92. The lowest BCUT2D eigenvalue weighted by atomic mass is 9.78. The Bertz CT molecular complexity index is 1200. The summed E-state index contributed by atoms with van der Waals surface area (Å²) in [5.41, 5.74) is 1.85. The first-order valence-corrected chi connectivity index (χ1v) is 12.4. The van der Waals surface area contributed by atoms with Gasteiger partial charge < -0.3 is 9.64 Å². The molecule has 7 nitrogen and oxygen atoms in total. The molecule has 2 aliphatic rings. The van der Waals surface area contributed by atoms with E-state index in [4.69, 9.17) is 16.3 Å². The van der Waals surface area contributed by atoms with Crippen molar-refractivity contribution in [2.45, 2.75) is 32.7 Å². The van der Waals surface area contributed by atoms with Gasteiger partial charge in [0.05, 0.1) is 0 Å². The van der Waals surface area contributed by atoms with Crippen LogP contribution in [0.4, 0.5) is 4.79 Å². The summed E-state index contributed by atoms with van der Waals surface area (Å²) in [5, 5.41) is 4.81. The Morgan fingerprint density at radius 1 is 0.943 bits per heavy atom. The van der Waals surface area contributed by atoms with E-state index in [1.807, 2.05) is 41.3 Å². The molecule has 2 aliphatic heterocycles. The van der Waals surface area contributed by atoms with Gasteiger partial charge in [0.25, 0.3) is 0 Å². The third kappa shape index (κ3) is 5.41. The number of carbonyl (C=O) groups is 2. The van der Waals surface area contributed by atoms with Crippen molar-refractivity contribution in [3.8, 4) is 11.5 Å². The zero-order valence-electron chi connectivity index (χ0n) is 19.8. The Balaban J connectivity index is 1.12. The Morgan fingerprint density at radius 3 is 2.20 bits per heavy atom. The first-order chi connectivity index (χ1) is 16.9. The molecule has 0 aliphatic carbocycles. The molecule has 35 heavy (non-hydrogen) atoms.